The van der Waals surface area contributed by atoms with Gasteiger partial charge in [0, 0.05) is 13.2 Å². The van der Waals surface area contributed by atoms with Crippen molar-refractivity contribution in [2.75, 3.05) is 20.3 Å². The molecule has 2 aromatic carbocycles. The van der Waals surface area contributed by atoms with E-state index in [2.05, 4.69) is 0 Å². The third-order valence-electron chi connectivity index (χ3n) is 5.71. The van der Waals surface area contributed by atoms with E-state index in [4.69, 9.17) is 13.9 Å². The molecule has 0 radical (unpaired) electrons. The number of methoxy groups -OCH3 is 1. The number of carbonyl (C=O) groups excluding carboxylic acids is 1. The molecule has 1 fully saturated rings. The van der Waals surface area contributed by atoms with E-state index < -0.39 is 6.04 Å². The molecule has 5 rings (SSSR count). The highest BCUT2D eigenvalue weighted by Crippen LogP contribution is 2.39. The Morgan fingerprint density at radius 2 is 2.00 bits per heavy atom. The molecule has 29 heavy (non-hydrogen) atoms. The average Bonchev–Trinajstić information content (AvgIpc) is 3.36. The summed E-state index contributed by atoms with van der Waals surface area (Å²) in [4.78, 5) is 28.4. The van der Waals surface area contributed by atoms with E-state index in [1.165, 1.54) is 0 Å². The molecule has 0 bridgehead atoms. The molecular weight excluding hydrogens is 370 g/mol. The van der Waals surface area contributed by atoms with E-state index in [0.717, 1.165) is 18.4 Å². The standard InChI is InChI=1S/C23H21NO5/c1-27-15-7-4-6-14(12-15)20-19-21(25)17-9-2-3-10-18(17)29-22(19)23(26)24(20)13-16-8-5-11-28-16/h2-4,6-7,9-10,12,16,20H,5,8,11,13H2,1H3/t16-,20+/m0/s1. The first-order valence-corrected chi connectivity index (χ1v) is 9.79. The van der Waals surface area contributed by atoms with Crippen molar-refractivity contribution in [3.63, 3.8) is 0 Å². The quantitative estimate of drug-likeness (QED) is 0.681. The average molecular weight is 391 g/mol. The lowest BCUT2D eigenvalue weighted by molar-refractivity contribution is 0.0486. The van der Waals surface area contributed by atoms with E-state index in [1.807, 2.05) is 24.3 Å². The molecule has 0 saturated carbocycles. The van der Waals surface area contributed by atoms with E-state index in [1.54, 1.807) is 36.3 Å². The molecule has 1 aromatic heterocycles. The predicted octanol–water partition coefficient (Wildman–Crippen LogP) is 3.53. The largest absolute Gasteiger partial charge is 0.497 e. The molecule has 148 valence electrons. The fraction of sp³-hybridized carbons (Fsp3) is 0.304. The molecule has 1 saturated heterocycles. The van der Waals surface area contributed by atoms with Gasteiger partial charge in [-0.1, -0.05) is 24.3 Å². The van der Waals surface area contributed by atoms with Gasteiger partial charge >= 0.3 is 0 Å². The fourth-order valence-corrected chi connectivity index (χ4v) is 4.32. The number of carbonyl (C=O) groups is 1. The van der Waals surface area contributed by atoms with Gasteiger partial charge < -0.3 is 18.8 Å². The second-order valence-electron chi connectivity index (χ2n) is 7.44. The maximum absolute atomic E-state index is 13.4. The lowest BCUT2D eigenvalue weighted by Crippen LogP contribution is -2.36. The van der Waals surface area contributed by atoms with Gasteiger partial charge in [-0.15, -0.1) is 0 Å². The van der Waals surface area contributed by atoms with Crippen molar-refractivity contribution in [3.05, 3.63) is 75.6 Å². The molecule has 2 atom stereocenters. The van der Waals surface area contributed by atoms with Crippen molar-refractivity contribution >= 4 is 16.9 Å². The van der Waals surface area contributed by atoms with Crippen LogP contribution in [-0.4, -0.2) is 37.2 Å². The third kappa shape index (κ3) is 2.91. The van der Waals surface area contributed by atoms with Crippen LogP contribution in [0.15, 0.2) is 57.7 Å². The molecule has 0 spiro atoms. The summed E-state index contributed by atoms with van der Waals surface area (Å²) in [5.41, 5.74) is 1.46. The first-order valence-electron chi connectivity index (χ1n) is 9.79. The Kier molecular flexibility index (Phi) is 4.36. The topological polar surface area (TPSA) is 69.0 Å². The minimum absolute atomic E-state index is 0.0362. The molecule has 6 nitrogen and oxygen atoms in total. The molecule has 0 N–H and O–H groups in total. The summed E-state index contributed by atoms with van der Waals surface area (Å²) in [7, 11) is 1.60. The number of amides is 1. The first-order chi connectivity index (χ1) is 14.2. The normalized spacial score (nSPS) is 21.0. The second kappa shape index (κ2) is 7.04. The smallest absolute Gasteiger partial charge is 0.291 e. The lowest BCUT2D eigenvalue weighted by Gasteiger charge is -2.27. The molecule has 3 heterocycles. The summed E-state index contributed by atoms with van der Waals surface area (Å²) in [6, 6.07) is 14.0. The zero-order valence-corrected chi connectivity index (χ0v) is 16.1. The van der Waals surface area contributed by atoms with Gasteiger partial charge in [-0.05, 0) is 42.7 Å². The van der Waals surface area contributed by atoms with Gasteiger partial charge in [0.2, 0.25) is 5.76 Å². The minimum Gasteiger partial charge on any atom is -0.497 e. The van der Waals surface area contributed by atoms with Gasteiger partial charge in [-0.2, -0.15) is 0 Å². The Hall–Kier alpha value is -3.12. The summed E-state index contributed by atoms with van der Waals surface area (Å²) >= 11 is 0. The number of para-hydroxylation sites is 1. The first kappa shape index (κ1) is 17.9. The number of fused-ring (bicyclic) bond motifs is 2. The molecule has 0 aliphatic carbocycles. The monoisotopic (exact) mass is 391 g/mol. The van der Waals surface area contributed by atoms with Crippen LogP contribution >= 0.6 is 0 Å². The van der Waals surface area contributed by atoms with E-state index >= 15 is 0 Å². The Bertz CT molecular complexity index is 1150. The van der Waals surface area contributed by atoms with Gasteiger partial charge in [0.25, 0.3) is 5.91 Å². The number of nitrogens with zero attached hydrogens (tertiary/aromatic N) is 1. The highest BCUT2D eigenvalue weighted by atomic mass is 16.5. The molecule has 3 aromatic rings. The predicted molar refractivity (Wildman–Crippen MR) is 107 cm³/mol. The van der Waals surface area contributed by atoms with E-state index in [-0.39, 0.29) is 23.2 Å². The number of rotatable bonds is 4. The van der Waals surface area contributed by atoms with Crippen molar-refractivity contribution in [3.8, 4) is 5.75 Å². The Balaban J connectivity index is 1.70. The third-order valence-corrected chi connectivity index (χ3v) is 5.71. The highest BCUT2D eigenvalue weighted by Gasteiger charge is 2.43. The van der Waals surface area contributed by atoms with Gasteiger partial charge in [-0.3, -0.25) is 9.59 Å². The van der Waals surface area contributed by atoms with Gasteiger partial charge in [-0.25, -0.2) is 0 Å². The van der Waals surface area contributed by atoms with Crippen LogP contribution in [0.2, 0.25) is 0 Å². The van der Waals surface area contributed by atoms with Crippen molar-refractivity contribution in [1.82, 2.24) is 4.90 Å². The van der Waals surface area contributed by atoms with Crippen molar-refractivity contribution in [2.24, 2.45) is 0 Å². The Morgan fingerprint density at radius 1 is 1.14 bits per heavy atom. The van der Waals surface area contributed by atoms with Crippen LogP contribution < -0.4 is 10.2 Å². The maximum Gasteiger partial charge on any atom is 0.291 e. The molecule has 2 aliphatic heterocycles. The van der Waals surface area contributed by atoms with Crippen LogP contribution in [0.25, 0.3) is 11.0 Å². The lowest BCUT2D eigenvalue weighted by atomic mass is 9.98. The Morgan fingerprint density at radius 3 is 2.79 bits per heavy atom. The van der Waals surface area contributed by atoms with Crippen LogP contribution in [0.1, 0.15) is 40.6 Å². The summed E-state index contributed by atoms with van der Waals surface area (Å²) < 4.78 is 17.1. The van der Waals surface area contributed by atoms with Crippen LogP contribution in [0.5, 0.6) is 5.75 Å². The van der Waals surface area contributed by atoms with Crippen LogP contribution in [0, 0.1) is 0 Å². The SMILES string of the molecule is COc1cccc([C@@H]2c3c(oc4ccccc4c3=O)C(=O)N2C[C@@H]2CCCO2)c1. The Labute approximate surface area is 167 Å². The van der Waals surface area contributed by atoms with Crippen molar-refractivity contribution < 1.29 is 18.7 Å². The number of hydrogen-bond acceptors (Lipinski definition) is 5. The molecular formula is C23H21NO5. The zero-order chi connectivity index (χ0) is 20.0. The van der Waals surface area contributed by atoms with Crippen molar-refractivity contribution in [2.45, 2.75) is 25.0 Å². The summed E-state index contributed by atoms with van der Waals surface area (Å²) in [6.45, 7) is 1.12. The zero-order valence-electron chi connectivity index (χ0n) is 16.1. The van der Waals surface area contributed by atoms with Gasteiger partial charge in [0.1, 0.15) is 11.3 Å². The van der Waals surface area contributed by atoms with Crippen LogP contribution in [-0.2, 0) is 4.74 Å². The minimum atomic E-state index is -0.530. The number of ether oxygens (including phenoxy) is 2. The van der Waals surface area contributed by atoms with Gasteiger partial charge in [0.05, 0.1) is 30.2 Å². The molecule has 2 aliphatic rings. The van der Waals surface area contributed by atoms with E-state index in [9.17, 15) is 9.59 Å². The highest BCUT2D eigenvalue weighted by molar-refractivity contribution is 5.99. The molecule has 0 unspecified atom stereocenters. The number of benzene rings is 2. The van der Waals surface area contributed by atoms with Crippen LogP contribution in [0.3, 0.4) is 0 Å². The summed E-state index contributed by atoms with van der Waals surface area (Å²) in [6.07, 6.45) is 1.84. The summed E-state index contributed by atoms with van der Waals surface area (Å²) in [5, 5.41) is 0.478. The van der Waals surface area contributed by atoms with E-state index in [0.29, 0.717) is 35.4 Å². The van der Waals surface area contributed by atoms with Gasteiger partial charge in [0.15, 0.2) is 5.43 Å². The van der Waals surface area contributed by atoms with Crippen LogP contribution in [0.4, 0.5) is 0 Å². The fourth-order valence-electron chi connectivity index (χ4n) is 4.32. The second-order valence-corrected chi connectivity index (χ2v) is 7.44. The van der Waals surface area contributed by atoms with Crippen molar-refractivity contribution in [1.29, 1.82) is 0 Å². The molecule has 6 heteroatoms. The molecule has 1 amide bonds. The maximum atomic E-state index is 13.4. The number of hydrogen-bond donors (Lipinski definition) is 0. The summed E-state index contributed by atoms with van der Waals surface area (Å²) in [5.74, 6) is 0.524.